The Hall–Kier alpha value is 0.636. The van der Waals surface area contributed by atoms with Gasteiger partial charge in [0.2, 0.25) is 0 Å². The fourth-order valence-electron chi connectivity index (χ4n) is 4.00. The fourth-order valence-corrected chi connectivity index (χ4v) is 17.8. The summed E-state index contributed by atoms with van der Waals surface area (Å²) in [7, 11) is 0. The van der Waals surface area contributed by atoms with Gasteiger partial charge in [0.25, 0.3) is 0 Å². The van der Waals surface area contributed by atoms with Crippen LogP contribution in [0.5, 0.6) is 0 Å². The van der Waals surface area contributed by atoms with Crippen molar-refractivity contribution in [2.45, 2.75) is 79.6 Å². The quantitative estimate of drug-likeness (QED) is 0.575. The molecule has 1 heteroatoms. The Balaban J connectivity index is 2.82. The van der Waals surface area contributed by atoms with Gasteiger partial charge in [-0.15, -0.1) is 0 Å². The van der Waals surface area contributed by atoms with Crippen molar-refractivity contribution in [3.05, 3.63) is 0 Å². The fraction of sp³-hybridized carbons (Fsp3) is 1.00. The molecular formula is C13H27Ga. The van der Waals surface area contributed by atoms with Crippen molar-refractivity contribution >= 4 is 16.2 Å². The van der Waals surface area contributed by atoms with Crippen molar-refractivity contribution < 1.29 is 0 Å². The predicted octanol–water partition coefficient (Wildman–Crippen LogP) is 5.03. The minimum atomic E-state index is -1.20. The Kier molecular flexibility index (Phi) is 3.86. The molecule has 0 aromatic rings. The van der Waals surface area contributed by atoms with Crippen LogP contribution in [0.2, 0.25) is 12.4 Å². The molecule has 14 heavy (non-hydrogen) atoms. The number of rotatable bonds is 1. The summed E-state index contributed by atoms with van der Waals surface area (Å²) in [6.07, 6.45) is 6.13. The average Bonchev–Trinajstić information content (AvgIpc) is 2.31. The third-order valence-electron chi connectivity index (χ3n) is 3.74. The van der Waals surface area contributed by atoms with Gasteiger partial charge >= 0.3 is 95.9 Å². The summed E-state index contributed by atoms with van der Waals surface area (Å²) in [5, 5.41) is 0. The first-order chi connectivity index (χ1) is 6.23. The standard InChI is InChI=1S/C5H9.2C4H9.Ga/c1-2-4-5-3-1;2*1-4(2)3;/h1H,2-5H2;2*1-3H3;. The average molecular weight is 253 g/mol. The van der Waals surface area contributed by atoms with Gasteiger partial charge in [0.1, 0.15) is 0 Å². The van der Waals surface area contributed by atoms with Gasteiger partial charge in [-0.05, 0) is 0 Å². The van der Waals surface area contributed by atoms with Gasteiger partial charge in [-0.3, -0.25) is 0 Å². The molecule has 0 atom stereocenters. The van der Waals surface area contributed by atoms with Gasteiger partial charge in [0, 0.05) is 0 Å². The van der Waals surface area contributed by atoms with E-state index in [2.05, 4.69) is 41.5 Å². The van der Waals surface area contributed by atoms with E-state index in [9.17, 15) is 0 Å². The molecule has 1 fully saturated rings. The van der Waals surface area contributed by atoms with E-state index in [4.69, 9.17) is 0 Å². The Morgan fingerprint density at radius 1 is 0.786 bits per heavy atom. The van der Waals surface area contributed by atoms with Crippen LogP contribution in [0, 0.1) is 0 Å². The van der Waals surface area contributed by atoms with E-state index in [1.54, 1.807) is 12.8 Å². The van der Waals surface area contributed by atoms with Crippen molar-refractivity contribution in [3.63, 3.8) is 0 Å². The summed E-state index contributed by atoms with van der Waals surface area (Å²) in [6.45, 7) is 15.0. The zero-order valence-corrected chi connectivity index (χ0v) is 13.4. The molecule has 0 aromatic carbocycles. The number of hydrogen-bond donors (Lipinski definition) is 0. The minimum absolute atomic E-state index is 0.653. The van der Waals surface area contributed by atoms with Crippen LogP contribution >= 0.6 is 0 Å². The molecule has 82 valence electrons. The molecule has 0 amide bonds. The van der Waals surface area contributed by atoms with Gasteiger partial charge < -0.3 is 0 Å². The molecule has 0 unspecified atom stereocenters. The molecular weight excluding hydrogens is 226 g/mol. The van der Waals surface area contributed by atoms with Crippen LogP contribution in [0.25, 0.3) is 0 Å². The molecule has 0 saturated heterocycles. The Bertz CT molecular complexity index is 162. The van der Waals surface area contributed by atoms with Crippen LogP contribution in [0.3, 0.4) is 0 Å². The third kappa shape index (κ3) is 3.06. The second kappa shape index (κ2) is 4.25. The van der Waals surface area contributed by atoms with Crippen LogP contribution < -0.4 is 0 Å². The molecule has 0 bridgehead atoms. The molecule has 0 heterocycles. The topological polar surface area (TPSA) is 0 Å². The van der Waals surface area contributed by atoms with Gasteiger partial charge in [-0.25, -0.2) is 0 Å². The maximum atomic E-state index is 2.50. The van der Waals surface area contributed by atoms with E-state index in [-0.39, 0.29) is 0 Å². The van der Waals surface area contributed by atoms with Crippen LogP contribution in [0.15, 0.2) is 0 Å². The molecule has 1 aliphatic carbocycles. The third-order valence-corrected chi connectivity index (χ3v) is 14.9. The van der Waals surface area contributed by atoms with E-state index in [1.165, 1.54) is 17.3 Å². The summed E-state index contributed by atoms with van der Waals surface area (Å²) in [5.74, 6) is 0. The molecule has 0 N–H and O–H groups in total. The Labute approximate surface area is 95.9 Å². The van der Waals surface area contributed by atoms with Crippen molar-refractivity contribution in [1.29, 1.82) is 0 Å². The molecule has 1 aliphatic rings. The van der Waals surface area contributed by atoms with Gasteiger partial charge in [0.05, 0.1) is 0 Å². The zero-order chi connectivity index (χ0) is 11.0. The van der Waals surface area contributed by atoms with E-state index in [0.29, 0.717) is 7.94 Å². The van der Waals surface area contributed by atoms with Crippen molar-refractivity contribution in [2.24, 2.45) is 0 Å². The van der Waals surface area contributed by atoms with Crippen molar-refractivity contribution in [1.82, 2.24) is 0 Å². The van der Waals surface area contributed by atoms with Crippen LogP contribution in [0.1, 0.15) is 67.2 Å². The summed E-state index contributed by atoms with van der Waals surface area (Å²) >= 11 is -1.20. The zero-order valence-electron chi connectivity index (χ0n) is 11.0. The van der Waals surface area contributed by atoms with E-state index in [1.807, 2.05) is 0 Å². The number of hydrogen-bond acceptors (Lipinski definition) is 0. The first-order valence-corrected chi connectivity index (χ1v) is 10.0. The monoisotopic (exact) mass is 252 g/mol. The van der Waals surface area contributed by atoms with Crippen LogP contribution in [-0.4, -0.2) is 16.2 Å². The Morgan fingerprint density at radius 3 is 1.43 bits per heavy atom. The second-order valence-corrected chi connectivity index (χ2v) is 18.5. The molecule has 0 radical (unpaired) electrons. The second-order valence-electron chi connectivity index (χ2n) is 7.25. The summed E-state index contributed by atoms with van der Waals surface area (Å²) in [5.41, 5.74) is 0. The normalized spacial score (nSPS) is 20.1. The van der Waals surface area contributed by atoms with Gasteiger partial charge in [-0.2, -0.15) is 0 Å². The summed E-state index contributed by atoms with van der Waals surface area (Å²) in [4.78, 5) is 0. The summed E-state index contributed by atoms with van der Waals surface area (Å²) in [6, 6.07) is 0. The van der Waals surface area contributed by atoms with Crippen LogP contribution in [0.4, 0.5) is 0 Å². The summed E-state index contributed by atoms with van der Waals surface area (Å²) < 4.78 is 2.48. The van der Waals surface area contributed by atoms with E-state index < -0.39 is 16.2 Å². The predicted molar refractivity (Wildman–Crippen MR) is 67.4 cm³/mol. The maximum absolute atomic E-state index is 2.50. The van der Waals surface area contributed by atoms with Crippen molar-refractivity contribution in [3.8, 4) is 0 Å². The van der Waals surface area contributed by atoms with Gasteiger partial charge in [0.15, 0.2) is 0 Å². The van der Waals surface area contributed by atoms with Crippen LogP contribution in [-0.2, 0) is 0 Å². The van der Waals surface area contributed by atoms with Crippen molar-refractivity contribution in [2.75, 3.05) is 0 Å². The first-order valence-electron chi connectivity index (χ1n) is 6.23. The SMILES string of the molecule is C[C](C)(C)[Ga]([CH]1CCCC1)[C](C)(C)C. The van der Waals surface area contributed by atoms with E-state index >= 15 is 0 Å². The molecule has 0 nitrogen and oxygen atoms in total. The first kappa shape index (κ1) is 12.7. The molecule has 0 spiro atoms. The Morgan fingerprint density at radius 2 is 1.14 bits per heavy atom. The molecule has 0 aliphatic heterocycles. The van der Waals surface area contributed by atoms with E-state index in [0.717, 1.165) is 0 Å². The molecule has 0 aromatic heterocycles. The molecule has 1 saturated carbocycles. The van der Waals surface area contributed by atoms with Gasteiger partial charge in [-0.1, -0.05) is 0 Å². The molecule has 1 rings (SSSR count).